The molecule has 1 aromatic carbocycles. The van der Waals surface area contributed by atoms with Gasteiger partial charge < -0.3 is 15.8 Å². The molecule has 0 radical (unpaired) electrons. The molecular formula is C13H18N2O3. The van der Waals surface area contributed by atoms with Crippen molar-refractivity contribution in [1.82, 2.24) is 5.32 Å². The summed E-state index contributed by atoms with van der Waals surface area (Å²) >= 11 is 0. The number of amides is 2. The van der Waals surface area contributed by atoms with Crippen LogP contribution in [0.4, 0.5) is 0 Å². The van der Waals surface area contributed by atoms with Crippen LogP contribution in [0, 0.1) is 0 Å². The molecule has 5 heteroatoms. The van der Waals surface area contributed by atoms with Crippen molar-refractivity contribution in [2.75, 3.05) is 6.61 Å². The van der Waals surface area contributed by atoms with Gasteiger partial charge in [-0.1, -0.05) is 19.1 Å². The van der Waals surface area contributed by atoms with Crippen molar-refractivity contribution in [1.29, 1.82) is 0 Å². The van der Waals surface area contributed by atoms with E-state index in [-0.39, 0.29) is 18.6 Å². The highest BCUT2D eigenvalue weighted by atomic mass is 16.5. The summed E-state index contributed by atoms with van der Waals surface area (Å²) in [6.45, 7) is 3.67. The lowest BCUT2D eigenvalue weighted by Crippen LogP contribution is -2.32. The molecule has 98 valence electrons. The SMILES string of the molecule is CCC(C)NC(=O)c1ccccc1OCC(N)=O. The molecule has 1 unspecified atom stereocenters. The monoisotopic (exact) mass is 250 g/mol. The van der Waals surface area contributed by atoms with E-state index in [1.54, 1.807) is 24.3 Å². The first kappa shape index (κ1) is 14.0. The highest BCUT2D eigenvalue weighted by Crippen LogP contribution is 2.17. The van der Waals surface area contributed by atoms with E-state index in [2.05, 4.69) is 5.32 Å². The van der Waals surface area contributed by atoms with Gasteiger partial charge in [-0.05, 0) is 25.5 Å². The van der Waals surface area contributed by atoms with Crippen LogP contribution in [-0.2, 0) is 4.79 Å². The molecule has 0 bridgehead atoms. The molecule has 3 N–H and O–H groups in total. The van der Waals surface area contributed by atoms with Crippen LogP contribution in [0.5, 0.6) is 5.75 Å². The van der Waals surface area contributed by atoms with Crippen molar-refractivity contribution in [3.05, 3.63) is 29.8 Å². The minimum Gasteiger partial charge on any atom is -0.483 e. The van der Waals surface area contributed by atoms with Crippen LogP contribution in [0.2, 0.25) is 0 Å². The van der Waals surface area contributed by atoms with Gasteiger partial charge in [0.2, 0.25) is 0 Å². The third-order valence-electron chi connectivity index (χ3n) is 2.49. The number of hydrogen-bond donors (Lipinski definition) is 2. The molecule has 18 heavy (non-hydrogen) atoms. The summed E-state index contributed by atoms with van der Waals surface area (Å²) < 4.78 is 5.20. The summed E-state index contributed by atoms with van der Waals surface area (Å²) in [6, 6.07) is 6.84. The van der Waals surface area contributed by atoms with Gasteiger partial charge in [-0.2, -0.15) is 0 Å². The third kappa shape index (κ3) is 4.08. The Labute approximate surface area is 106 Å². The standard InChI is InChI=1S/C13H18N2O3/c1-3-9(2)15-13(17)10-6-4-5-7-11(10)18-8-12(14)16/h4-7,9H,3,8H2,1-2H3,(H2,14,16)(H,15,17). The van der Waals surface area contributed by atoms with Gasteiger partial charge in [0.15, 0.2) is 6.61 Å². The first-order chi connectivity index (χ1) is 8.54. The van der Waals surface area contributed by atoms with E-state index in [1.165, 1.54) is 0 Å². The number of hydrogen-bond acceptors (Lipinski definition) is 3. The molecule has 5 nitrogen and oxygen atoms in total. The van der Waals surface area contributed by atoms with Crippen molar-refractivity contribution < 1.29 is 14.3 Å². The number of primary amides is 1. The number of carbonyl (C=O) groups excluding carboxylic acids is 2. The summed E-state index contributed by atoms with van der Waals surface area (Å²) in [5.41, 5.74) is 5.41. The van der Waals surface area contributed by atoms with E-state index in [9.17, 15) is 9.59 Å². The predicted molar refractivity (Wildman–Crippen MR) is 68.4 cm³/mol. The Balaban J connectivity index is 2.80. The largest absolute Gasteiger partial charge is 0.483 e. The number of rotatable bonds is 6. The van der Waals surface area contributed by atoms with E-state index in [1.807, 2.05) is 13.8 Å². The third-order valence-corrected chi connectivity index (χ3v) is 2.49. The van der Waals surface area contributed by atoms with Crippen molar-refractivity contribution >= 4 is 11.8 Å². The van der Waals surface area contributed by atoms with Gasteiger partial charge in [0.05, 0.1) is 5.56 Å². The molecule has 1 rings (SSSR count). The highest BCUT2D eigenvalue weighted by Gasteiger charge is 2.14. The fourth-order valence-electron chi connectivity index (χ4n) is 1.33. The van der Waals surface area contributed by atoms with Gasteiger partial charge in [0, 0.05) is 6.04 Å². The number of nitrogens with one attached hydrogen (secondary N) is 1. The summed E-state index contributed by atoms with van der Waals surface area (Å²) in [7, 11) is 0. The molecule has 0 saturated heterocycles. The average molecular weight is 250 g/mol. The second-order valence-corrected chi connectivity index (χ2v) is 4.03. The minimum absolute atomic E-state index is 0.0849. The molecular weight excluding hydrogens is 232 g/mol. The molecule has 0 heterocycles. The van der Waals surface area contributed by atoms with Crippen molar-refractivity contribution in [3.63, 3.8) is 0 Å². The number of benzene rings is 1. The zero-order valence-corrected chi connectivity index (χ0v) is 10.6. The minimum atomic E-state index is -0.577. The maximum Gasteiger partial charge on any atom is 0.255 e. The molecule has 1 aromatic rings. The Bertz CT molecular complexity index is 432. The maximum atomic E-state index is 12.0. The van der Waals surface area contributed by atoms with Gasteiger partial charge in [-0.15, -0.1) is 0 Å². The smallest absolute Gasteiger partial charge is 0.255 e. The molecule has 1 atom stereocenters. The lowest BCUT2D eigenvalue weighted by Gasteiger charge is -2.14. The Morgan fingerprint density at radius 2 is 2.06 bits per heavy atom. The molecule has 0 aromatic heterocycles. The van der Waals surface area contributed by atoms with E-state index < -0.39 is 5.91 Å². The Kier molecular flexibility index (Phi) is 5.17. The number of para-hydroxylation sites is 1. The molecule has 0 aliphatic heterocycles. The van der Waals surface area contributed by atoms with Crippen molar-refractivity contribution in [2.24, 2.45) is 5.73 Å². The predicted octanol–water partition coefficient (Wildman–Crippen LogP) is 1.08. The Morgan fingerprint density at radius 1 is 1.39 bits per heavy atom. The average Bonchev–Trinajstić information content (AvgIpc) is 2.36. The molecule has 0 saturated carbocycles. The molecule has 0 aliphatic rings. The molecule has 0 fully saturated rings. The lowest BCUT2D eigenvalue weighted by atomic mass is 10.1. The van der Waals surface area contributed by atoms with E-state index in [4.69, 9.17) is 10.5 Å². The number of nitrogens with two attached hydrogens (primary N) is 1. The van der Waals surface area contributed by atoms with Gasteiger partial charge >= 0.3 is 0 Å². The lowest BCUT2D eigenvalue weighted by molar-refractivity contribution is -0.119. The molecule has 0 spiro atoms. The fourth-order valence-corrected chi connectivity index (χ4v) is 1.33. The normalized spacial score (nSPS) is 11.7. The summed E-state index contributed by atoms with van der Waals surface area (Å²) in [5, 5.41) is 2.84. The molecule has 0 aliphatic carbocycles. The van der Waals surface area contributed by atoms with Crippen molar-refractivity contribution in [2.45, 2.75) is 26.3 Å². The van der Waals surface area contributed by atoms with Crippen LogP contribution in [0.1, 0.15) is 30.6 Å². The second kappa shape index (κ2) is 6.64. The summed E-state index contributed by atoms with van der Waals surface area (Å²) in [4.78, 5) is 22.6. The van der Waals surface area contributed by atoms with Crippen LogP contribution in [0.3, 0.4) is 0 Å². The Hall–Kier alpha value is -2.04. The summed E-state index contributed by atoms with van der Waals surface area (Å²) in [6.07, 6.45) is 0.843. The molecule has 2 amide bonds. The zero-order chi connectivity index (χ0) is 13.5. The van der Waals surface area contributed by atoms with Gasteiger partial charge in [-0.25, -0.2) is 0 Å². The van der Waals surface area contributed by atoms with Crippen molar-refractivity contribution in [3.8, 4) is 5.75 Å². The fraction of sp³-hybridized carbons (Fsp3) is 0.385. The van der Waals surface area contributed by atoms with Gasteiger partial charge in [0.25, 0.3) is 11.8 Å². The van der Waals surface area contributed by atoms with Crippen LogP contribution in [0.15, 0.2) is 24.3 Å². The maximum absolute atomic E-state index is 12.0. The van der Waals surface area contributed by atoms with Crippen LogP contribution in [-0.4, -0.2) is 24.5 Å². The van der Waals surface area contributed by atoms with E-state index in [0.29, 0.717) is 11.3 Å². The summed E-state index contributed by atoms with van der Waals surface area (Å²) in [5.74, 6) is -0.436. The van der Waals surface area contributed by atoms with E-state index >= 15 is 0 Å². The first-order valence-corrected chi connectivity index (χ1v) is 5.85. The number of carbonyl (C=O) groups is 2. The topological polar surface area (TPSA) is 81.4 Å². The van der Waals surface area contributed by atoms with Crippen LogP contribution in [0.25, 0.3) is 0 Å². The first-order valence-electron chi connectivity index (χ1n) is 5.85. The van der Waals surface area contributed by atoms with E-state index in [0.717, 1.165) is 6.42 Å². The number of ether oxygens (including phenoxy) is 1. The second-order valence-electron chi connectivity index (χ2n) is 4.03. The van der Waals surface area contributed by atoms with Crippen LogP contribution < -0.4 is 15.8 Å². The Morgan fingerprint density at radius 3 is 2.67 bits per heavy atom. The zero-order valence-electron chi connectivity index (χ0n) is 10.6. The van der Waals surface area contributed by atoms with Gasteiger partial charge in [0.1, 0.15) is 5.75 Å². The quantitative estimate of drug-likeness (QED) is 0.792. The highest BCUT2D eigenvalue weighted by molar-refractivity contribution is 5.97. The van der Waals surface area contributed by atoms with Gasteiger partial charge in [-0.3, -0.25) is 9.59 Å². The van der Waals surface area contributed by atoms with Crippen LogP contribution >= 0.6 is 0 Å².